The van der Waals surface area contributed by atoms with Gasteiger partial charge in [-0.3, -0.25) is 48.1 Å². The van der Waals surface area contributed by atoms with Gasteiger partial charge in [0.2, 0.25) is 17.7 Å². The molecule has 502 valence electrons. The molecule has 20 heteroatoms. The van der Waals surface area contributed by atoms with E-state index in [-0.39, 0.29) is 55.5 Å². The Labute approximate surface area is 554 Å². The SMILES string of the molecule is Cc1cccc(C)c1-c1cncc([C@H](CC(=O)OCC(C)CC(C(=O)N[C@H](CC(=O)O)c2cccc(OC3CCC3)c2)n2ccccc2=O)NC(=O)[C@H](CC(C)COC(=O)C[C@@H](NC(=O)C(CC(C)C)n2ccccc2=O)c2cccc(C(C)(C)C)c2)n2ccccc2=O)c1. The number of nitrogens with zero attached hydrogens (tertiary/aromatic N) is 4. The van der Waals surface area contributed by atoms with Crippen LogP contribution >= 0.6 is 0 Å². The number of aliphatic carboxylic acids is 1. The molecular formula is C75H89N7O13. The van der Waals surface area contributed by atoms with Crippen LogP contribution in [0.2, 0.25) is 0 Å². The van der Waals surface area contributed by atoms with Gasteiger partial charge in [-0.1, -0.05) is 121 Å². The van der Waals surface area contributed by atoms with Crippen LogP contribution in [0, 0.1) is 31.6 Å². The molecule has 4 aromatic heterocycles. The molecule has 8 rings (SSSR count). The number of esters is 2. The smallest absolute Gasteiger partial charge is 0.308 e. The van der Waals surface area contributed by atoms with Crippen molar-refractivity contribution in [2.45, 2.75) is 168 Å². The Morgan fingerprint density at radius 2 is 1.00 bits per heavy atom. The van der Waals surface area contributed by atoms with Crippen molar-refractivity contribution in [3.63, 3.8) is 0 Å². The molecule has 0 bridgehead atoms. The first-order valence-corrected chi connectivity index (χ1v) is 32.7. The molecular weight excluding hydrogens is 1210 g/mol. The summed E-state index contributed by atoms with van der Waals surface area (Å²) in [5.41, 5.74) is 4.56. The van der Waals surface area contributed by atoms with Crippen molar-refractivity contribution in [2.24, 2.45) is 17.8 Å². The largest absolute Gasteiger partial charge is 0.490 e. The molecule has 1 saturated carbocycles. The summed E-state index contributed by atoms with van der Waals surface area (Å²) in [6.07, 6.45) is 9.86. The third kappa shape index (κ3) is 19.9. The van der Waals surface area contributed by atoms with E-state index in [0.717, 1.165) is 47.1 Å². The van der Waals surface area contributed by atoms with Gasteiger partial charge >= 0.3 is 17.9 Å². The van der Waals surface area contributed by atoms with Crippen molar-refractivity contribution in [3.05, 3.63) is 223 Å². The molecule has 0 aliphatic heterocycles. The van der Waals surface area contributed by atoms with Crippen LogP contribution < -0.4 is 37.4 Å². The maximum absolute atomic E-state index is 15.1. The minimum Gasteiger partial charge on any atom is -0.490 e. The molecule has 3 amide bonds. The molecule has 3 aromatic carbocycles. The quantitative estimate of drug-likeness (QED) is 0.0295. The Hall–Kier alpha value is -9.72. The second kappa shape index (κ2) is 32.9. The highest BCUT2D eigenvalue weighted by molar-refractivity contribution is 5.84. The van der Waals surface area contributed by atoms with E-state index in [1.807, 2.05) is 76.2 Å². The lowest BCUT2D eigenvalue weighted by molar-refractivity contribution is -0.146. The van der Waals surface area contributed by atoms with Crippen molar-refractivity contribution >= 4 is 35.6 Å². The number of amides is 3. The standard InChI is InChI=1S/C75H89N7O13/c1-47(2)34-62(80-31-13-10-28-65(80)83)72(90)78-60(52-22-17-24-56(38-52)75(7,8)9)41-69(88)93-45-49(4)36-64(82-33-15-12-30-67(82)85)74(92)79-61(54-37-55(44-76-43-54)71-50(5)20-16-21-51(71)6)42-70(89)94-46-48(3)35-63(81-32-14-11-29-66(81)84)73(91)77-59(40-68(86)87)53-23-18-27-58(39-53)95-57-25-19-26-57/h10-18,20-24,27-33,37-39,43-44,47-49,57,59-64H,19,25-26,34-36,40-42,45-46H2,1-9H3,(H,77,91)(H,78,90)(H,79,92)(H,86,87)/t48?,49?,59-,60-,61+,62?,63?,64+/m1/s1. The zero-order valence-electron chi connectivity index (χ0n) is 55.7. The van der Waals surface area contributed by atoms with Crippen LogP contribution in [0.3, 0.4) is 0 Å². The van der Waals surface area contributed by atoms with Gasteiger partial charge in [0.1, 0.15) is 23.9 Å². The number of aryl methyl sites for hydroxylation is 2. The lowest BCUT2D eigenvalue weighted by atomic mass is 9.85. The zero-order valence-corrected chi connectivity index (χ0v) is 55.7. The Balaban J connectivity index is 1.01. The highest BCUT2D eigenvalue weighted by Crippen LogP contribution is 2.33. The molecule has 1 aliphatic rings. The zero-order chi connectivity index (χ0) is 68.5. The number of carboxylic acids is 1. The minimum atomic E-state index is -1.21. The van der Waals surface area contributed by atoms with Crippen molar-refractivity contribution < 1.29 is 48.1 Å². The molecule has 95 heavy (non-hydrogen) atoms. The van der Waals surface area contributed by atoms with E-state index in [4.69, 9.17) is 14.2 Å². The number of hydrogen-bond donors (Lipinski definition) is 4. The van der Waals surface area contributed by atoms with E-state index in [1.165, 1.54) is 44.3 Å². The molecule has 7 aromatic rings. The third-order valence-corrected chi connectivity index (χ3v) is 17.2. The van der Waals surface area contributed by atoms with E-state index in [0.29, 0.717) is 28.9 Å². The summed E-state index contributed by atoms with van der Waals surface area (Å²) >= 11 is 0. The fourth-order valence-corrected chi connectivity index (χ4v) is 11.9. The number of ether oxygens (including phenoxy) is 3. The number of hydrogen-bond acceptors (Lipinski definition) is 13. The highest BCUT2D eigenvalue weighted by atomic mass is 16.5. The third-order valence-electron chi connectivity index (χ3n) is 17.2. The molecule has 0 saturated heterocycles. The first-order valence-electron chi connectivity index (χ1n) is 32.7. The fraction of sp³-hybridized carbons (Fsp3) is 0.413. The summed E-state index contributed by atoms with van der Waals surface area (Å²) in [6, 6.07) is 29.7. The maximum atomic E-state index is 15.1. The van der Waals surface area contributed by atoms with E-state index < -0.39 is 108 Å². The summed E-state index contributed by atoms with van der Waals surface area (Å²) in [4.78, 5) is 130. The highest BCUT2D eigenvalue weighted by Gasteiger charge is 2.33. The lowest BCUT2D eigenvalue weighted by Crippen LogP contribution is -2.41. The molecule has 0 spiro atoms. The monoisotopic (exact) mass is 1300 g/mol. The van der Waals surface area contributed by atoms with Crippen LogP contribution in [0.25, 0.3) is 11.1 Å². The number of aromatic nitrogens is 4. The van der Waals surface area contributed by atoms with Crippen molar-refractivity contribution in [3.8, 4) is 16.9 Å². The number of carboxylic acid groups (broad SMARTS) is 1. The van der Waals surface area contributed by atoms with Crippen LogP contribution in [0.1, 0.15) is 176 Å². The molecule has 1 aliphatic carbocycles. The summed E-state index contributed by atoms with van der Waals surface area (Å²) in [5.74, 6) is -4.79. The molecule has 0 radical (unpaired) electrons. The van der Waals surface area contributed by atoms with Crippen LogP contribution in [0.4, 0.5) is 0 Å². The molecule has 20 nitrogen and oxygen atoms in total. The molecule has 1 fully saturated rings. The molecule has 4 N–H and O–H groups in total. The second-order valence-corrected chi connectivity index (χ2v) is 26.6. The van der Waals surface area contributed by atoms with Crippen LogP contribution in [0.5, 0.6) is 5.75 Å². The topological polar surface area (TPSA) is 265 Å². The fourth-order valence-electron chi connectivity index (χ4n) is 11.9. The summed E-state index contributed by atoms with van der Waals surface area (Å²) < 4.78 is 22.0. The molecule has 4 heterocycles. The molecule has 8 atom stereocenters. The van der Waals surface area contributed by atoms with Gasteiger partial charge in [-0.15, -0.1) is 0 Å². The summed E-state index contributed by atoms with van der Waals surface area (Å²) in [5, 5.41) is 19.0. The van der Waals surface area contributed by atoms with Gasteiger partial charge in [0.25, 0.3) is 16.7 Å². The Bertz CT molecular complexity index is 3990. The van der Waals surface area contributed by atoms with Crippen LogP contribution in [-0.4, -0.2) is 78.7 Å². The summed E-state index contributed by atoms with van der Waals surface area (Å²) in [6.45, 7) is 17.1. The number of pyridine rings is 4. The van der Waals surface area contributed by atoms with Crippen molar-refractivity contribution in [2.75, 3.05) is 13.2 Å². The van der Waals surface area contributed by atoms with Gasteiger partial charge in [0.15, 0.2) is 0 Å². The van der Waals surface area contributed by atoms with Gasteiger partial charge < -0.3 is 49.0 Å². The van der Waals surface area contributed by atoms with Gasteiger partial charge in [-0.25, -0.2) is 0 Å². The van der Waals surface area contributed by atoms with Crippen molar-refractivity contribution in [1.29, 1.82) is 0 Å². The Kier molecular flexibility index (Phi) is 24.6. The Morgan fingerprint density at radius 1 is 0.547 bits per heavy atom. The van der Waals surface area contributed by atoms with E-state index in [2.05, 4.69) is 41.7 Å². The van der Waals surface area contributed by atoms with E-state index in [1.54, 1.807) is 93.1 Å². The van der Waals surface area contributed by atoms with Crippen molar-refractivity contribution in [1.82, 2.24) is 34.6 Å². The number of carbonyl (C=O) groups is 6. The second-order valence-electron chi connectivity index (χ2n) is 26.6. The van der Waals surface area contributed by atoms with Gasteiger partial charge in [-0.05, 0) is 151 Å². The Morgan fingerprint density at radius 3 is 1.45 bits per heavy atom. The number of carbonyl (C=O) groups excluding carboxylic acids is 5. The average Bonchev–Trinajstić information content (AvgIpc) is 0.833. The maximum Gasteiger partial charge on any atom is 0.308 e. The van der Waals surface area contributed by atoms with Crippen LogP contribution in [0.15, 0.2) is 173 Å². The van der Waals surface area contributed by atoms with Gasteiger partial charge in [0, 0.05) is 54.7 Å². The first-order chi connectivity index (χ1) is 45.3. The summed E-state index contributed by atoms with van der Waals surface area (Å²) in [7, 11) is 0. The normalized spacial score (nSPS) is 14.9. The lowest BCUT2D eigenvalue weighted by Gasteiger charge is -2.28. The van der Waals surface area contributed by atoms with E-state index in [9.17, 15) is 43.5 Å². The van der Waals surface area contributed by atoms with E-state index >= 15 is 4.79 Å². The van der Waals surface area contributed by atoms with Gasteiger partial charge in [0.05, 0.1) is 56.7 Å². The predicted molar refractivity (Wildman–Crippen MR) is 361 cm³/mol. The van der Waals surface area contributed by atoms with Gasteiger partial charge in [-0.2, -0.15) is 0 Å². The minimum absolute atomic E-state index is 0.0178. The van der Waals surface area contributed by atoms with Crippen LogP contribution in [-0.2, 0) is 43.7 Å². The molecule has 4 unspecified atom stereocenters. The average molecular weight is 1300 g/mol. The first kappa shape index (κ1) is 71.1. The number of rotatable bonds is 31. The number of benzene rings is 3. The number of nitrogens with one attached hydrogen (secondary N) is 3. The predicted octanol–water partition coefficient (Wildman–Crippen LogP) is 11.1.